The Morgan fingerprint density at radius 3 is 2.69 bits per heavy atom. The number of rotatable bonds is 5. The standard InChI is InChI=1S/C11H24N2/c1-9(2)10(3)7-12-8-11-5-4-6-13-11/h9-13H,4-8H2,1-3H3. The van der Waals surface area contributed by atoms with Gasteiger partial charge in [-0.25, -0.2) is 0 Å². The SMILES string of the molecule is CC(C)C(C)CNCC1CCCN1. The van der Waals surface area contributed by atoms with Crippen LogP contribution in [0.3, 0.4) is 0 Å². The van der Waals surface area contributed by atoms with Gasteiger partial charge in [0.25, 0.3) is 0 Å². The second kappa shape index (κ2) is 5.61. The van der Waals surface area contributed by atoms with Gasteiger partial charge in [-0.1, -0.05) is 20.8 Å². The van der Waals surface area contributed by atoms with Crippen LogP contribution in [0.15, 0.2) is 0 Å². The minimum atomic E-state index is 0.736. The molecule has 0 aliphatic carbocycles. The van der Waals surface area contributed by atoms with E-state index in [2.05, 4.69) is 31.4 Å². The molecule has 0 aromatic heterocycles. The molecule has 1 aliphatic rings. The van der Waals surface area contributed by atoms with Gasteiger partial charge >= 0.3 is 0 Å². The Kier molecular flexibility index (Phi) is 4.74. The highest BCUT2D eigenvalue weighted by molar-refractivity contribution is 4.76. The molecule has 1 aliphatic heterocycles. The van der Waals surface area contributed by atoms with Gasteiger partial charge in [-0.2, -0.15) is 0 Å². The number of hydrogen-bond donors (Lipinski definition) is 2. The van der Waals surface area contributed by atoms with Gasteiger partial charge in [0.05, 0.1) is 0 Å². The third-order valence-electron chi connectivity index (χ3n) is 3.16. The topological polar surface area (TPSA) is 24.1 Å². The molecule has 1 heterocycles. The second-order valence-corrected chi connectivity index (χ2v) is 4.67. The van der Waals surface area contributed by atoms with E-state index in [1.165, 1.54) is 19.4 Å². The highest BCUT2D eigenvalue weighted by atomic mass is 15.0. The molecule has 0 saturated carbocycles. The Morgan fingerprint density at radius 1 is 1.38 bits per heavy atom. The smallest absolute Gasteiger partial charge is 0.0192 e. The summed E-state index contributed by atoms with van der Waals surface area (Å²) in [6.45, 7) is 10.4. The van der Waals surface area contributed by atoms with Crippen molar-refractivity contribution in [1.82, 2.24) is 10.6 Å². The van der Waals surface area contributed by atoms with Crippen LogP contribution < -0.4 is 10.6 Å². The van der Waals surface area contributed by atoms with Crippen molar-refractivity contribution < 1.29 is 0 Å². The maximum absolute atomic E-state index is 3.55. The van der Waals surface area contributed by atoms with Crippen molar-refractivity contribution in [2.45, 2.75) is 39.7 Å². The van der Waals surface area contributed by atoms with Crippen LogP contribution in [-0.2, 0) is 0 Å². The highest BCUT2D eigenvalue weighted by Gasteiger charge is 2.13. The van der Waals surface area contributed by atoms with Gasteiger partial charge in [0, 0.05) is 12.6 Å². The van der Waals surface area contributed by atoms with Crippen LogP contribution in [0.5, 0.6) is 0 Å². The summed E-state index contributed by atoms with van der Waals surface area (Å²) in [6, 6.07) is 0.736. The van der Waals surface area contributed by atoms with Crippen molar-refractivity contribution in [3.63, 3.8) is 0 Å². The van der Waals surface area contributed by atoms with Gasteiger partial charge < -0.3 is 10.6 Å². The molecule has 2 nitrogen and oxygen atoms in total. The van der Waals surface area contributed by atoms with E-state index in [1.807, 2.05) is 0 Å². The van der Waals surface area contributed by atoms with Crippen LogP contribution >= 0.6 is 0 Å². The van der Waals surface area contributed by atoms with E-state index < -0.39 is 0 Å². The van der Waals surface area contributed by atoms with E-state index in [-0.39, 0.29) is 0 Å². The fraction of sp³-hybridized carbons (Fsp3) is 1.00. The first-order valence-electron chi connectivity index (χ1n) is 5.64. The minimum absolute atomic E-state index is 0.736. The molecule has 0 aromatic rings. The van der Waals surface area contributed by atoms with Gasteiger partial charge in [-0.05, 0) is 37.8 Å². The first-order chi connectivity index (χ1) is 6.20. The predicted molar refractivity (Wildman–Crippen MR) is 57.9 cm³/mol. The van der Waals surface area contributed by atoms with Crippen molar-refractivity contribution in [3.05, 3.63) is 0 Å². The summed E-state index contributed by atoms with van der Waals surface area (Å²) in [4.78, 5) is 0. The van der Waals surface area contributed by atoms with Gasteiger partial charge in [0.1, 0.15) is 0 Å². The fourth-order valence-electron chi connectivity index (χ4n) is 1.65. The molecule has 1 rings (SSSR count). The zero-order valence-electron chi connectivity index (χ0n) is 9.27. The third kappa shape index (κ3) is 4.10. The van der Waals surface area contributed by atoms with E-state index in [1.54, 1.807) is 0 Å². The summed E-state index contributed by atoms with van der Waals surface area (Å²) >= 11 is 0. The van der Waals surface area contributed by atoms with Crippen molar-refractivity contribution in [2.75, 3.05) is 19.6 Å². The molecule has 2 N–H and O–H groups in total. The van der Waals surface area contributed by atoms with E-state index in [9.17, 15) is 0 Å². The van der Waals surface area contributed by atoms with E-state index in [0.29, 0.717) is 0 Å². The Bertz CT molecular complexity index is 126. The van der Waals surface area contributed by atoms with Crippen LogP contribution in [-0.4, -0.2) is 25.7 Å². The largest absolute Gasteiger partial charge is 0.315 e. The van der Waals surface area contributed by atoms with Gasteiger partial charge in [-0.3, -0.25) is 0 Å². The molecule has 0 radical (unpaired) electrons. The number of nitrogens with one attached hydrogen (secondary N) is 2. The molecule has 2 unspecified atom stereocenters. The molecule has 78 valence electrons. The molecule has 0 bridgehead atoms. The quantitative estimate of drug-likeness (QED) is 0.678. The van der Waals surface area contributed by atoms with Crippen LogP contribution in [0.2, 0.25) is 0 Å². The lowest BCUT2D eigenvalue weighted by atomic mass is 9.98. The first kappa shape index (κ1) is 11.0. The zero-order chi connectivity index (χ0) is 9.68. The predicted octanol–water partition coefficient (Wildman–Crippen LogP) is 1.62. The molecule has 0 aromatic carbocycles. The monoisotopic (exact) mass is 184 g/mol. The van der Waals surface area contributed by atoms with Crippen LogP contribution in [0, 0.1) is 11.8 Å². The summed E-state index contributed by atoms with van der Waals surface area (Å²) in [5, 5.41) is 7.04. The van der Waals surface area contributed by atoms with Crippen LogP contribution in [0.1, 0.15) is 33.6 Å². The van der Waals surface area contributed by atoms with E-state index >= 15 is 0 Å². The molecule has 1 fully saturated rings. The Labute approximate surface area is 82.5 Å². The lowest BCUT2D eigenvalue weighted by molar-refractivity contribution is 0.383. The molecule has 2 heteroatoms. The van der Waals surface area contributed by atoms with Crippen molar-refractivity contribution in [3.8, 4) is 0 Å². The summed E-state index contributed by atoms with van der Waals surface area (Å²) < 4.78 is 0. The lowest BCUT2D eigenvalue weighted by Gasteiger charge is -2.18. The number of hydrogen-bond acceptors (Lipinski definition) is 2. The van der Waals surface area contributed by atoms with Crippen molar-refractivity contribution in [2.24, 2.45) is 11.8 Å². The fourth-order valence-corrected chi connectivity index (χ4v) is 1.65. The normalized spacial score (nSPS) is 25.4. The molecule has 0 amide bonds. The Hall–Kier alpha value is -0.0800. The molecule has 1 saturated heterocycles. The zero-order valence-corrected chi connectivity index (χ0v) is 9.27. The average molecular weight is 184 g/mol. The van der Waals surface area contributed by atoms with Crippen molar-refractivity contribution >= 4 is 0 Å². The van der Waals surface area contributed by atoms with Crippen LogP contribution in [0.4, 0.5) is 0 Å². The molecule has 0 spiro atoms. The summed E-state index contributed by atoms with van der Waals surface area (Å²) in [6.07, 6.45) is 2.70. The Morgan fingerprint density at radius 2 is 2.15 bits per heavy atom. The van der Waals surface area contributed by atoms with Gasteiger partial charge in [0.15, 0.2) is 0 Å². The average Bonchev–Trinajstić information content (AvgIpc) is 2.56. The molecule has 2 atom stereocenters. The summed E-state index contributed by atoms with van der Waals surface area (Å²) in [5.41, 5.74) is 0. The molecular weight excluding hydrogens is 160 g/mol. The second-order valence-electron chi connectivity index (χ2n) is 4.67. The highest BCUT2D eigenvalue weighted by Crippen LogP contribution is 2.08. The molecular formula is C11H24N2. The maximum atomic E-state index is 3.55. The van der Waals surface area contributed by atoms with Crippen molar-refractivity contribution in [1.29, 1.82) is 0 Å². The van der Waals surface area contributed by atoms with Gasteiger partial charge in [-0.15, -0.1) is 0 Å². The first-order valence-corrected chi connectivity index (χ1v) is 5.64. The van der Waals surface area contributed by atoms with Gasteiger partial charge in [0.2, 0.25) is 0 Å². The van der Waals surface area contributed by atoms with E-state index in [4.69, 9.17) is 0 Å². The van der Waals surface area contributed by atoms with Crippen LogP contribution in [0.25, 0.3) is 0 Å². The minimum Gasteiger partial charge on any atom is -0.315 e. The summed E-state index contributed by atoms with van der Waals surface area (Å²) in [7, 11) is 0. The van der Waals surface area contributed by atoms with E-state index in [0.717, 1.165) is 31.0 Å². The Balaban J connectivity index is 1.99. The summed E-state index contributed by atoms with van der Waals surface area (Å²) in [5.74, 6) is 1.59. The third-order valence-corrected chi connectivity index (χ3v) is 3.16. The lowest BCUT2D eigenvalue weighted by Crippen LogP contribution is -2.36. The molecule has 13 heavy (non-hydrogen) atoms. The maximum Gasteiger partial charge on any atom is 0.0192 e.